The molecule has 3 rings (SSSR count). The van der Waals surface area contributed by atoms with E-state index in [4.69, 9.17) is 9.47 Å². The predicted octanol–water partition coefficient (Wildman–Crippen LogP) is 2.26. The zero-order chi connectivity index (χ0) is 20.7. The van der Waals surface area contributed by atoms with Crippen molar-refractivity contribution in [3.05, 3.63) is 0 Å². The summed E-state index contributed by atoms with van der Waals surface area (Å²) in [4.78, 5) is 21.3. The minimum absolute atomic E-state index is 0.245. The maximum Gasteiger partial charge on any atom is 0.230 e. The van der Waals surface area contributed by atoms with Crippen LogP contribution in [0.1, 0.15) is 57.8 Å². The van der Waals surface area contributed by atoms with E-state index in [1.807, 2.05) is 21.1 Å². The van der Waals surface area contributed by atoms with Gasteiger partial charge in [0.25, 0.3) is 0 Å². The number of hydrogen-bond acceptors (Lipinski definition) is 4. The van der Waals surface area contributed by atoms with Crippen molar-refractivity contribution in [1.82, 2.24) is 15.1 Å². The first-order valence-corrected chi connectivity index (χ1v) is 11.4. The van der Waals surface area contributed by atoms with Crippen LogP contribution < -0.4 is 5.32 Å². The molecule has 1 N–H and O–H groups in total. The fourth-order valence-corrected chi connectivity index (χ4v) is 4.99. The molecule has 0 aromatic carbocycles. The molecule has 2 aliphatic heterocycles. The van der Waals surface area contributed by atoms with Crippen LogP contribution in [-0.4, -0.2) is 87.9 Å². The molecular weight excluding hydrogens is 368 g/mol. The first-order valence-electron chi connectivity index (χ1n) is 11.4. The van der Waals surface area contributed by atoms with Crippen LogP contribution in [0, 0.1) is 5.41 Å². The number of aliphatic imine (C=N–C) groups is 1. The van der Waals surface area contributed by atoms with Crippen molar-refractivity contribution in [1.29, 1.82) is 0 Å². The van der Waals surface area contributed by atoms with E-state index in [0.717, 1.165) is 77.2 Å². The number of carbonyl (C=O) groups is 1. The average Bonchev–Trinajstić information content (AvgIpc) is 3.23. The lowest BCUT2D eigenvalue weighted by atomic mass is 9.84. The molecule has 2 heterocycles. The summed E-state index contributed by atoms with van der Waals surface area (Å²) in [6, 6.07) is 0. The summed E-state index contributed by atoms with van der Waals surface area (Å²) in [6.45, 7) is 4.15. The molecule has 0 aromatic heterocycles. The normalized spacial score (nSPS) is 25.8. The van der Waals surface area contributed by atoms with Gasteiger partial charge in [0.15, 0.2) is 5.96 Å². The Morgan fingerprint density at radius 3 is 2.48 bits per heavy atom. The molecule has 0 bridgehead atoms. The molecule has 1 amide bonds. The average molecular weight is 409 g/mol. The van der Waals surface area contributed by atoms with Crippen LogP contribution in [0.15, 0.2) is 4.99 Å². The number of amides is 1. The van der Waals surface area contributed by atoms with Gasteiger partial charge in [0.2, 0.25) is 5.91 Å². The van der Waals surface area contributed by atoms with Gasteiger partial charge in [-0.2, -0.15) is 0 Å². The van der Waals surface area contributed by atoms with Crippen molar-refractivity contribution in [3.8, 4) is 0 Å². The third-order valence-electron chi connectivity index (χ3n) is 6.75. The molecule has 1 saturated carbocycles. The Labute approximate surface area is 176 Å². The summed E-state index contributed by atoms with van der Waals surface area (Å²) in [6.07, 6.45) is 10.4. The fourth-order valence-electron chi connectivity index (χ4n) is 4.99. The van der Waals surface area contributed by atoms with Crippen LogP contribution >= 0.6 is 0 Å². The summed E-state index contributed by atoms with van der Waals surface area (Å²) in [7, 11) is 5.56. The largest absolute Gasteiger partial charge is 0.376 e. The molecule has 7 heteroatoms. The zero-order valence-corrected chi connectivity index (χ0v) is 18.6. The van der Waals surface area contributed by atoms with Gasteiger partial charge in [0.05, 0.1) is 24.2 Å². The fraction of sp³-hybridized carbons (Fsp3) is 0.909. The highest BCUT2D eigenvalue weighted by atomic mass is 16.5. The molecule has 1 unspecified atom stereocenters. The van der Waals surface area contributed by atoms with Gasteiger partial charge in [-0.1, -0.05) is 12.8 Å². The van der Waals surface area contributed by atoms with E-state index in [1.54, 1.807) is 4.90 Å². The number of guanidine groups is 1. The van der Waals surface area contributed by atoms with Crippen molar-refractivity contribution in [3.63, 3.8) is 0 Å². The lowest BCUT2D eigenvalue weighted by Gasteiger charge is -2.37. The third kappa shape index (κ3) is 5.85. The van der Waals surface area contributed by atoms with Crippen LogP contribution in [0.4, 0.5) is 0 Å². The molecule has 0 aromatic rings. The predicted molar refractivity (Wildman–Crippen MR) is 115 cm³/mol. The van der Waals surface area contributed by atoms with Crippen molar-refractivity contribution in [2.75, 3.05) is 54.0 Å². The Morgan fingerprint density at radius 1 is 1.17 bits per heavy atom. The Morgan fingerprint density at radius 2 is 1.90 bits per heavy atom. The van der Waals surface area contributed by atoms with Gasteiger partial charge >= 0.3 is 0 Å². The highest BCUT2D eigenvalue weighted by molar-refractivity contribution is 5.85. The van der Waals surface area contributed by atoms with Gasteiger partial charge in [-0.25, -0.2) is 0 Å². The van der Waals surface area contributed by atoms with Crippen LogP contribution in [0.3, 0.4) is 0 Å². The molecule has 29 heavy (non-hydrogen) atoms. The first-order chi connectivity index (χ1) is 14.0. The van der Waals surface area contributed by atoms with Crippen molar-refractivity contribution < 1.29 is 14.3 Å². The van der Waals surface area contributed by atoms with Crippen LogP contribution in [-0.2, 0) is 14.3 Å². The van der Waals surface area contributed by atoms with Crippen molar-refractivity contribution in [2.24, 2.45) is 10.4 Å². The molecule has 3 aliphatic rings. The molecule has 1 atom stereocenters. The minimum Gasteiger partial charge on any atom is -0.376 e. The second-order valence-corrected chi connectivity index (χ2v) is 9.10. The van der Waals surface area contributed by atoms with E-state index >= 15 is 0 Å². The van der Waals surface area contributed by atoms with Gasteiger partial charge in [-0.05, 0) is 44.9 Å². The SMILES string of the molecule is CN=C(NCC1(C(=O)N(C)C)CCCC1)N1CCC(OCC2CCCCO2)CC1. The molecular formula is C22H40N4O3. The number of likely N-dealkylation sites (tertiary alicyclic amines) is 1. The summed E-state index contributed by atoms with van der Waals surface area (Å²) >= 11 is 0. The Hall–Kier alpha value is -1.34. The second-order valence-electron chi connectivity index (χ2n) is 9.10. The number of piperidine rings is 1. The number of carbonyl (C=O) groups excluding carboxylic acids is 1. The molecule has 1 aliphatic carbocycles. The maximum absolute atomic E-state index is 12.8. The minimum atomic E-state index is -0.277. The highest BCUT2D eigenvalue weighted by Crippen LogP contribution is 2.39. The zero-order valence-electron chi connectivity index (χ0n) is 18.6. The molecule has 0 spiro atoms. The van der Waals surface area contributed by atoms with Crippen LogP contribution in [0.2, 0.25) is 0 Å². The van der Waals surface area contributed by atoms with Crippen LogP contribution in [0.25, 0.3) is 0 Å². The monoisotopic (exact) mass is 408 g/mol. The van der Waals surface area contributed by atoms with E-state index < -0.39 is 0 Å². The van der Waals surface area contributed by atoms with E-state index in [-0.39, 0.29) is 17.4 Å². The van der Waals surface area contributed by atoms with Gasteiger partial charge in [0.1, 0.15) is 0 Å². The topological polar surface area (TPSA) is 66.4 Å². The second kappa shape index (κ2) is 10.6. The smallest absolute Gasteiger partial charge is 0.230 e. The van der Waals surface area contributed by atoms with Crippen LogP contribution in [0.5, 0.6) is 0 Å². The quantitative estimate of drug-likeness (QED) is 0.539. The first kappa shape index (κ1) is 22.3. The Kier molecular flexibility index (Phi) is 8.18. The van der Waals surface area contributed by atoms with E-state index in [9.17, 15) is 4.79 Å². The number of nitrogens with zero attached hydrogens (tertiary/aromatic N) is 3. The van der Waals surface area contributed by atoms with Gasteiger partial charge in [-0.15, -0.1) is 0 Å². The summed E-state index contributed by atoms with van der Waals surface area (Å²) in [5.41, 5.74) is -0.277. The lowest BCUT2D eigenvalue weighted by Crippen LogP contribution is -2.52. The summed E-state index contributed by atoms with van der Waals surface area (Å²) < 4.78 is 11.9. The summed E-state index contributed by atoms with van der Waals surface area (Å²) in [5.74, 6) is 1.16. The maximum atomic E-state index is 12.8. The highest BCUT2D eigenvalue weighted by Gasteiger charge is 2.42. The van der Waals surface area contributed by atoms with Crippen molar-refractivity contribution >= 4 is 11.9 Å². The van der Waals surface area contributed by atoms with E-state index in [1.165, 1.54) is 12.8 Å². The number of nitrogens with one attached hydrogen (secondary N) is 1. The third-order valence-corrected chi connectivity index (χ3v) is 6.75. The molecule has 0 radical (unpaired) electrons. The standard InChI is InChI=1S/C22H40N4O3/c1-23-21(24-17-22(11-5-6-12-22)20(27)25(2)3)26-13-9-18(10-14-26)29-16-19-8-4-7-15-28-19/h18-19H,4-17H2,1-3H3,(H,23,24). The number of ether oxygens (including phenoxy) is 2. The summed E-state index contributed by atoms with van der Waals surface area (Å²) in [5, 5.41) is 3.52. The number of rotatable bonds is 6. The molecule has 166 valence electrons. The van der Waals surface area contributed by atoms with Gasteiger partial charge in [-0.3, -0.25) is 9.79 Å². The van der Waals surface area contributed by atoms with Gasteiger partial charge in [0, 0.05) is 47.4 Å². The molecule has 7 nitrogen and oxygen atoms in total. The molecule has 2 saturated heterocycles. The number of hydrogen-bond donors (Lipinski definition) is 1. The van der Waals surface area contributed by atoms with E-state index in [0.29, 0.717) is 12.6 Å². The Bertz CT molecular complexity index is 546. The Balaban J connectivity index is 1.44. The van der Waals surface area contributed by atoms with E-state index in [2.05, 4.69) is 15.2 Å². The molecule has 3 fully saturated rings. The van der Waals surface area contributed by atoms with Gasteiger partial charge < -0.3 is 24.6 Å². The van der Waals surface area contributed by atoms with Crippen molar-refractivity contribution in [2.45, 2.75) is 70.0 Å². The lowest BCUT2D eigenvalue weighted by molar-refractivity contribution is -0.138.